The van der Waals surface area contributed by atoms with E-state index in [-0.39, 0.29) is 18.5 Å². The summed E-state index contributed by atoms with van der Waals surface area (Å²) in [5.74, 6) is -0.472. The molecule has 0 saturated carbocycles. The smallest absolute Gasteiger partial charge is 0.317 e. The van der Waals surface area contributed by atoms with Crippen LogP contribution < -0.4 is 5.32 Å². The average Bonchev–Trinajstić information content (AvgIpc) is 2.24. The highest BCUT2D eigenvalue weighted by Crippen LogP contribution is 2.05. The summed E-state index contributed by atoms with van der Waals surface area (Å²) in [6, 6.07) is -0.438. The quantitative estimate of drug-likeness (QED) is 0.702. The summed E-state index contributed by atoms with van der Waals surface area (Å²) in [5.41, 5.74) is 0. The van der Waals surface area contributed by atoms with Gasteiger partial charge >= 0.3 is 12.0 Å². The van der Waals surface area contributed by atoms with Crippen molar-refractivity contribution >= 4 is 12.0 Å². The third-order valence-electron chi connectivity index (χ3n) is 2.64. The van der Waals surface area contributed by atoms with Crippen LogP contribution in [0.15, 0.2) is 0 Å². The van der Waals surface area contributed by atoms with E-state index in [0.29, 0.717) is 25.4 Å². The fourth-order valence-corrected chi connectivity index (χ4v) is 1.85. The SMILES string of the molecule is CCCC(CC(=O)O)NC(=O)N(CC)CC(C)C. The van der Waals surface area contributed by atoms with Gasteiger partial charge in [0.1, 0.15) is 0 Å². The van der Waals surface area contributed by atoms with Crippen LogP contribution in [0, 0.1) is 5.92 Å². The lowest BCUT2D eigenvalue weighted by atomic mass is 10.1. The van der Waals surface area contributed by atoms with Crippen LogP contribution in [-0.4, -0.2) is 41.1 Å². The Bertz CT molecular complexity index is 267. The highest BCUT2D eigenvalue weighted by molar-refractivity contribution is 5.75. The molecule has 0 radical (unpaired) electrons. The maximum atomic E-state index is 12.0. The number of nitrogens with one attached hydrogen (secondary N) is 1. The van der Waals surface area contributed by atoms with Crippen molar-refractivity contribution in [2.45, 2.75) is 53.0 Å². The minimum absolute atomic E-state index is 0.0151. The fraction of sp³-hybridized carbons (Fsp3) is 0.846. The predicted molar refractivity (Wildman–Crippen MR) is 71.6 cm³/mol. The number of carboxylic acid groups (broad SMARTS) is 1. The van der Waals surface area contributed by atoms with E-state index in [9.17, 15) is 9.59 Å². The first-order valence-electron chi connectivity index (χ1n) is 6.67. The molecule has 0 aliphatic heterocycles. The highest BCUT2D eigenvalue weighted by atomic mass is 16.4. The summed E-state index contributed by atoms with van der Waals surface area (Å²) in [6.07, 6.45) is 1.53. The van der Waals surface area contributed by atoms with Crippen LogP contribution in [-0.2, 0) is 4.79 Å². The molecule has 0 aromatic rings. The number of urea groups is 1. The van der Waals surface area contributed by atoms with Gasteiger partial charge in [-0.1, -0.05) is 27.2 Å². The predicted octanol–water partition coefficient (Wildman–Crippen LogP) is 2.32. The molecule has 2 amide bonds. The standard InChI is InChI=1S/C13H26N2O3/c1-5-7-11(8-12(16)17)14-13(18)15(6-2)9-10(3)4/h10-11H,5-9H2,1-4H3,(H,14,18)(H,16,17). The van der Waals surface area contributed by atoms with E-state index in [1.807, 2.05) is 13.8 Å². The zero-order valence-electron chi connectivity index (χ0n) is 11.9. The molecule has 2 N–H and O–H groups in total. The molecule has 0 spiro atoms. The van der Waals surface area contributed by atoms with Gasteiger partial charge in [0.15, 0.2) is 0 Å². The molecule has 0 aromatic carbocycles. The van der Waals surface area contributed by atoms with Crippen LogP contribution in [0.1, 0.15) is 47.0 Å². The number of carbonyl (C=O) groups is 2. The molecule has 5 nitrogen and oxygen atoms in total. The molecule has 0 fully saturated rings. The summed E-state index contributed by atoms with van der Waals surface area (Å²) < 4.78 is 0. The Kier molecular flexibility index (Phi) is 8.16. The Hall–Kier alpha value is -1.26. The monoisotopic (exact) mass is 258 g/mol. The average molecular weight is 258 g/mol. The van der Waals surface area contributed by atoms with E-state index in [1.165, 1.54) is 0 Å². The first kappa shape index (κ1) is 16.7. The van der Waals surface area contributed by atoms with Crippen LogP contribution in [0.2, 0.25) is 0 Å². The fourth-order valence-electron chi connectivity index (χ4n) is 1.85. The van der Waals surface area contributed by atoms with Crippen LogP contribution in [0.25, 0.3) is 0 Å². The van der Waals surface area contributed by atoms with Gasteiger partial charge in [-0.3, -0.25) is 4.79 Å². The van der Waals surface area contributed by atoms with Gasteiger partial charge in [0.2, 0.25) is 0 Å². The maximum absolute atomic E-state index is 12.0. The largest absolute Gasteiger partial charge is 0.481 e. The molecule has 0 saturated heterocycles. The molecule has 1 atom stereocenters. The second-order valence-corrected chi connectivity index (χ2v) is 4.97. The van der Waals surface area contributed by atoms with E-state index < -0.39 is 5.97 Å². The van der Waals surface area contributed by atoms with Gasteiger partial charge in [0.05, 0.1) is 6.42 Å². The van der Waals surface area contributed by atoms with E-state index in [2.05, 4.69) is 19.2 Å². The topological polar surface area (TPSA) is 69.6 Å². The van der Waals surface area contributed by atoms with Crippen LogP contribution in [0.4, 0.5) is 4.79 Å². The molecule has 0 heterocycles. The molecule has 1 unspecified atom stereocenters. The van der Waals surface area contributed by atoms with Gasteiger partial charge < -0.3 is 15.3 Å². The number of rotatable bonds is 8. The van der Waals surface area contributed by atoms with Crippen molar-refractivity contribution in [2.24, 2.45) is 5.92 Å². The van der Waals surface area contributed by atoms with Crippen molar-refractivity contribution in [1.82, 2.24) is 10.2 Å². The Morgan fingerprint density at radius 2 is 1.89 bits per heavy atom. The van der Waals surface area contributed by atoms with Crippen molar-refractivity contribution in [1.29, 1.82) is 0 Å². The van der Waals surface area contributed by atoms with Crippen molar-refractivity contribution in [3.63, 3.8) is 0 Å². The second kappa shape index (κ2) is 8.78. The van der Waals surface area contributed by atoms with Crippen molar-refractivity contribution in [3.8, 4) is 0 Å². The lowest BCUT2D eigenvalue weighted by molar-refractivity contribution is -0.137. The summed E-state index contributed by atoms with van der Waals surface area (Å²) >= 11 is 0. The summed E-state index contributed by atoms with van der Waals surface area (Å²) in [6.45, 7) is 9.33. The Morgan fingerprint density at radius 1 is 1.28 bits per heavy atom. The third-order valence-corrected chi connectivity index (χ3v) is 2.64. The zero-order chi connectivity index (χ0) is 14.1. The number of nitrogens with zero attached hydrogens (tertiary/aromatic N) is 1. The Labute approximate surface area is 110 Å². The van der Waals surface area contributed by atoms with Gasteiger partial charge in [0.25, 0.3) is 0 Å². The summed E-state index contributed by atoms with van der Waals surface area (Å²) in [7, 11) is 0. The molecule has 0 rings (SSSR count). The first-order valence-corrected chi connectivity index (χ1v) is 6.67. The normalized spacial score (nSPS) is 12.3. The molecular formula is C13H26N2O3. The van der Waals surface area contributed by atoms with Crippen LogP contribution >= 0.6 is 0 Å². The minimum atomic E-state index is -0.874. The first-order chi connectivity index (χ1) is 8.40. The van der Waals surface area contributed by atoms with Crippen molar-refractivity contribution in [2.75, 3.05) is 13.1 Å². The lowest BCUT2D eigenvalue weighted by Gasteiger charge is -2.26. The van der Waals surface area contributed by atoms with Gasteiger partial charge in [0, 0.05) is 19.1 Å². The number of carbonyl (C=O) groups excluding carboxylic acids is 1. The summed E-state index contributed by atoms with van der Waals surface area (Å²) in [5, 5.41) is 11.6. The lowest BCUT2D eigenvalue weighted by Crippen LogP contribution is -2.46. The molecular weight excluding hydrogens is 232 g/mol. The van der Waals surface area contributed by atoms with Crippen molar-refractivity contribution < 1.29 is 14.7 Å². The van der Waals surface area contributed by atoms with Gasteiger partial charge in [-0.05, 0) is 19.3 Å². The third kappa shape index (κ3) is 7.14. The molecule has 106 valence electrons. The second-order valence-electron chi connectivity index (χ2n) is 4.97. The maximum Gasteiger partial charge on any atom is 0.317 e. The van der Waals surface area contributed by atoms with Crippen LogP contribution in [0.3, 0.4) is 0 Å². The van der Waals surface area contributed by atoms with E-state index in [0.717, 1.165) is 6.42 Å². The van der Waals surface area contributed by atoms with Gasteiger partial charge in [-0.25, -0.2) is 4.79 Å². The number of hydrogen-bond acceptors (Lipinski definition) is 2. The van der Waals surface area contributed by atoms with Gasteiger partial charge in [-0.15, -0.1) is 0 Å². The molecule has 18 heavy (non-hydrogen) atoms. The number of hydrogen-bond donors (Lipinski definition) is 2. The Morgan fingerprint density at radius 3 is 2.28 bits per heavy atom. The molecule has 0 bridgehead atoms. The van der Waals surface area contributed by atoms with Crippen LogP contribution in [0.5, 0.6) is 0 Å². The van der Waals surface area contributed by atoms with Crippen molar-refractivity contribution in [3.05, 3.63) is 0 Å². The summed E-state index contributed by atoms with van der Waals surface area (Å²) in [4.78, 5) is 24.4. The van der Waals surface area contributed by atoms with E-state index in [4.69, 9.17) is 5.11 Å². The molecule has 0 aliphatic carbocycles. The highest BCUT2D eigenvalue weighted by Gasteiger charge is 2.19. The van der Waals surface area contributed by atoms with E-state index in [1.54, 1.807) is 4.90 Å². The molecule has 5 heteroatoms. The molecule has 0 aliphatic rings. The van der Waals surface area contributed by atoms with Gasteiger partial charge in [-0.2, -0.15) is 0 Å². The number of amides is 2. The zero-order valence-corrected chi connectivity index (χ0v) is 11.9. The molecule has 0 aromatic heterocycles. The number of aliphatic carboxylic acids is 1. The Balaban J connectivity index is 4.40. The number of carboxylic acids is 1. The minimum Gasteiger partial charge on any atom is -0.481 e. The van der Waals surface area contributed by atoms with E-state index >= 15 is 0 Å².